The lowest BCUT2D eigenvalue weighted by Gasteiger charge is -2.03. The number of ether oxygens (including phenoxy) is 1. The Bertz CT molecular complexity index is 1110. The van der Waals surface area contributed by atoms with Crippen molar-refractivity contribution in [2.75, 3.05) is 18.6 Å². The average molecular weight is 412 g/mol. The van der Waals surface area contributed by atoms with Gasteiger partial charge in [-0.15, -0.1) is 0 Å². The number of nitrogens with two attached hydrogens (primary N) is 2. The molecule has 1 heterocycles. The Morgan fingerprint density at radius 3 is 2.16 bits per heavy atom. The summed E-state index contributed by atoms with van der Waals surface area (Å²) in [6.45, 7) is 2.15. The van der Waals surface area contributed by atoms with Crippen LogP contribution < -0.4 is 16.2 Å². The number of aryl methyl sites for hydroxylation is 1. The Hall–Kier alpha value is -3.92. The summed E-state index contributed by atoms with van der Waals surface area (Å²) in [4.78, 5) is 3.25. The van der Waals surface area contributed by atoms with E-state index in [9.17, 15) is 0 Å². The molecule has 0 saturated heterocycles. The molecular weight excluding hydrogens is 382 g/mol. The summed E-state index contributed by atoms with van der Waals surface area (Å²) in [5.74, 6) is 0.896. The van der Waals surface area contributed by atoms with Gasteiger partial charge in [0.25, 0.3) is 0 Å². The van der Waals surface area contributed by atoms with Crippen LogP contribution in [0.5, 0.6) is 5.75 Å². The summed E-state index contributed by atoms with van der Waals surface area (Å²) in [5, 5.41) is 0. The lowest BCUT2D eigenvalue weighted by atomic mass is 10.1. The van der Waals surface area contributed by atoms with Crippen LogP contribution in [-0.2, 0) is 6.42 Å². The summed E-state index contributed by atoms with van der Waals surface area (Å²) < 4.78 is 5.14. The molecule has 5 N–H and O–H groups in total. The van der Waals surface area contributed by atoms with Crippen molar-refractivity contribution in [1.82, 2.24) is 4.98 Å². The van der Waals surface area contributed by atoms with Crippen LogP contribution in [0, 0.1) is 0 Å². The van der Waals surface area contributed by atoms with Gasteiger partial charge in [-0.2, -0.15) is 0 Å². The average Bonchev–Trinajstić information content (AvgIpc) is 3.30. The number of H-pyrrole nitrogens is 1. The van der Waals surface area contributed by atoms with Gasteiger partial charge >= 0.3 is 0 Å². The minimum atomic E-state index is 0.621. The molecule has 0 fully saturated rings. The Labute approximate surface area is 184 Å². The quantitative estimate of drug-likeness (QED) is 0.267. The molecule has 0 radical (unpaired) electrons. The van der Waals surface area contributed by atoms with E-state index in [0.717, 1.165) is 23.3 Å². The standard InChI is InChI=1S/C14H14N2.C13H15NO/c15-13-9-8-12(10-14(13)16)7-6-11-4-2-1-3-5-11;1-3-13-12(8-9-14-13)10-4-6-11(15-2)7-5-10/h1-10H,15-16H2;4-9,14H,3H2,1-2H3. The maximum absolute atomic E-state index is 5.73. The zero-order valence-electron chi connectivity index (χ0n) is 18.0. The first-order valence-corrected chi connectivity index (χ1v) is 10.3. The van der Waals surface area contributed by atoms with Crippen LogP contribution in [0.25, 0.3) is 23.3 Å². The van der Waals surface area contributed by atoms with Crippen molar-refractivity contribution in [2.45, 2.75) is 13.3 Å². The van der Waals surface area contributed by atoms with E-state index in [2.05, 4.69) is 42.2 Å². The van der Waals surface area contributed by atoms with Crippen molar-refractivity contribution in [3.05, 3.63) is 102 Å². The van der Waals surface area contributed by atoms with Crippen LogP contribution >= 0.6 is 0 Å². The van der Waals surface area contributed by atoms with E-state index in [-0.39, 0.29) is 0 Å². The molecular formula is C27H29N3O. The molecule has 0 saturated carbocycles. The molecule has 0 amide bonds. The highest BCUT2D eigenvalue weighted by molar-refractivity contribution is 5.74. The van der Waals surface area contributed by atoms with E-state index in [4.69, 9.17) is 16.2 Å². The number of hydrogen-bond acceptors (Lipinski definition) is 3. The van der Waals surface area contributed by atoms with Crippen LogP contribution in [0.3, 0.4) is 0 Å². The number of nitrogens with one attached hydrogen (secondary N) is 1. The van der Waals surface area contributed by atoms with Crippen molar-refractivity contribution in [3.8, 4) is 16.9 Å². The third-order valence-corrected chi connectivity index (χ3v) is 4.97. The second-order valence-electron chi connectivity index (χ2n) is 7.08. The van der Waals surface area contributed by atoms with Gasteiger partial charge in [-0.25, -0.2) is 0 Å². The number of nitrogen functional groups attached to an aromatic ring is 2. The van der Waals surface area contributed by atoms with Crippen molar-refractivity contribution >= 4 is 23.5 Å². The SMILES string of the molecule is CCc1[nH]ccc1-c1ccc(OC)cc1.Nc1ccc(C=Cc2ccccc2)cc1N. The van der Waals surface area contributed by atoms with Gasteiger partial charge in [0.1, 0.15) is 5.75 Å². The number of benzene rings is 3. The Kier molecular flexibility index (Phi) is 7.55. The molecule has 31 heavy (non-hydrogen) atoms. The van der Waals surface area contributed by atoms with Gasteiger partial charge in [0, 0.05) is 17.5 Å². The number of aromatic nitrogens is 1. The zero-order chi connectivity index (χ0) is 22.1. The zero-order valence-corrected chi connectivity index (χ0v) is 18.0. The predicted octanol–water partition coefficient (Wildman–Crippen LogP) is 6.27. The fourth-order valence-corrected chi connectivity index (χ4v) is 3.19. The molecule has 1 aromatic heterocycles. The summed E-state index contributed by atoms with van der Waals surface area (Å²) in [7, 11) is 1.68. The first-order valence-electron chi connectivity index (χ1n) is 10.3. The van der Waals surface area contributed by atoms with E-state index < -0.39 is 0 Å². The molecule has 4 heteroatoms. The van der Waals surface area contributed by atoms with E-state index in [1.54, 1.807) is 7.11 Å². The number of hydrogen-bond donors (Lipinski definition) is 3. The van der Waals surface area contributed by atoms with Gasteiger partial charge in [-0.3, -0.25) is 0 Å². The van der Waals surface area contributed by atoms with Gasteiger partial charge in [-0.1, -0.05) is 67.6 Å². The Balaban J connectivity index is 0.000000176. The minimum Gasteiger partial charge on any atom is -0.497 e. The topological polar surface area (TPSA) is 77.1 Å². The molecule has 3 aromatic carbocycles. The minimum absolute atomic E-state index is 0.621. The van der Waals surface area contributed by atoms with Crippen LogP contribution in [0.15, 0.2) is 85.1 Å². The van der Waals surface area contributed by atoms with Crippen LogP contribution in [0.1, 0.15) is 23.7 Å². The van der Waals surface area contributed by atoms with Gasteiger partial charge in [0.05, 0.1) is 18.5 Å². The summed E-state index contributed by atoms with van der Waals surface area (Å²) >= 11 is 0. The highest BCUT2D eigenvalue weighted by Gasteiger charge is 2.04. The lowest BCUT2D eigenvalue weighted by Crippen LogP contribution is -1.93. The molecule has 4 nitrogen and oxygen atoms in total. The number of methoxy groups -OCH3 is 1. The Morgan fingerprint density at radius 1 is 0.806 bits per heavy atom. The van der Waals surface area contributed by atoms with Crippen LogP contribution in [0.2, 0.25) is 0 Å². The normalized spacial score (nSPS) is 10.5. The van der Waals surface area contributed by atoms with E-state index in [0.29, 0.717) is 11.4 Å². The fourth-order valence-electron chi connectivity index (χ4n) is 3.19. The first kappa shape index (κ1) is 21.8. The molecule has 0 aliphatic heterocycles. The molecule has 0 spiro atoms. The second kappa shape index (κ2) is 10.7. The summed E-state index contributed by atoms with van der Waals surface area (Å²) in [5.41, 5.74) is 18.6. The van der Waals surface area contributed by atoms with Gasteiger partial charge < -0.3 is 21.2 Å². The maximum Gasteiger partial charge on any atom is 0.118 e. The lowest BCUT2D eigenvalue weighted by molar-refractivity contribution is 0.415. The first-order chi connectivity index (χ1) is 15.1. The van der Waals surface area contributed by atoms with Crippen LogP contribution in [0.4, 0.5) is 11.4 Å². The summed E-state index contributed by atoms with van der Waals surface area (Å²) in [6, 6.07) is 26.0. The van der Waals surface area contributed by atoms with Crippen molar-refractivity contribution < 1.29 is 4.74 Å². The van der Waals surface area contributed by atoms with Crippen molar-refractivity contribution in [1.29, 1.82) is 0 Å². The highest BCUT2D eigenvalue weighted by atomic mass is 16.5. The van der Waals surface area contributed by atoms with Gasteiger partial charge in [0.2, 0.25) is 0 Å². The largest absolute Gasteiger partial charge is 0.497 e. The number of anilines is 2. The monoisotopic (exact) mass is 411 g/mol. The van der Waals surface area contributed by atoms with Crippen LogP contribution in [-0.4, -0.2) is 12.1 Å². The smallest absolute Gasteiger partial charge is 0.118 e. The third-order valence-electron chi connectivity index (χ3n) is 4.97. The van der Waals surface area contributed by atoms with Gasteiger partial charge in [-0.05, 0) is 53.4 Å². The highest BCUT2D eigenvalue weighted by Crippen LogP contribution is 2.25. The number of rotatable bonds is 5. The third kappa shape index (κ3) is 6.03. The number of aromatic amines is 1. The van der Waals surface area contributed by atoms with E-state index in [1.165, 1.54) is 16.8 Å². The molecule has 0 aliphatic carbocycles. The predicted molar refractivity (Wildman–Crippen MR) is 133 cm³/mol. The fraction of sp³-hybridized carbons (Fsp3) is 0.111. The van der Waals surface area contributed by atoms with Gasteiger partial charge in [0.15, 0.2) is 0 Å². The van der Waals surface area contributed by atoms with E-state index in [1.807, 2.05) is 66.9 Å². The van der Waals surface area contributed by atoms with E-state index >= 15 is 0 Å². The maximum atomic E-state index is 5.73. The second-order valence-corrected chi connectivity index (χ2v) is 7.08. The molecule has 158 valence electrons. The Morgan fingerprint density at radius 2 is 1.52 bits per heavy atom. The molecule has 0 aliphatic rings. The molecule has 4 rings (SSSR count). The van der Waals surface area contributed by atoms with Crippen molar-refractivity contribution in [3.63, 3.8) is 0 Å². The molecule has 0 atom stereocenters. The molecule has 4 aromatic rings. The summed E-state index contributed by atoms with van der Waals surface area (Å²) in [6.07, 6.45) is 7.07. The van der Waals surface area contributed by atoms with Crippen molar-refractivity contribution in [2.24, 2.45) is 0 Å². The molecule has 0 bridgehead atoms. The molecule has 0 unspecified atom stereocenters.